The number of thiophene rings is 1. The molecule has 1 unspecified atom stereocenters. The van der Waals surface area contributed by atoms with Crippen LogP contribution in [0.2, 0.25) is 0 Å². The second-order valence-electron chi connectivity index (χ2n) is 5.61. The molecule has 0 amide bonds. The Morgan fingerprint density at radius 3 is 2.68 bits per heavy atom. The third-order valence-corrected chi connectivity index (χ3v) is 5.12. The Hall–Kier alpha value is -2.93. The van der Waals surface area contributed by atoms with Gasteiger partial charge in [-0.05, 0) is 36.4 Å². The van der Waals surface area contributed by atoms with E-state index in [4.69, 9.17) is 10.2 Å². The Kier molecular flexibility index (Phi) is 4.95. The molecule has 2 N–H and O–H groups in total. The van der Waals surface area contributed by atoms with Gasteiger partial charge in [0.1, 0.15) is 5.76 Å². The number of hydrogen-bond acceptors (Lipinski definition) is 6. The molecule has 1 aromatic carbocycles. The van der Waals surface area contributed by atoms with Gasteiger partial charge in [0.05, 0.1) is 17.1 Å². The Labute approximate surface area is 148 Å². The summed E-state index contributed by atoms with van der Waals surface area (Å²) < 4.78 is 5.35. The Morgan fingerprint density at radius 2 is 2.00 bits per heavy atom. The fourth-order valence-corrected chi connectivity index (χ4v) is 3.71. The predicted octanol–water partition coefficient (Wildman–Crippen LogP) is 4.22. The second-order valence-corrected chi connectivity index (χ2v) is 6.72. The lowest BCUT2D eigenvalue weighted by molar-refractivity contribution is -0.483. The summed E-state index contributed by atoms with van der Waals surface area (Å²) in [6.07, 6.45) is 1.61. The molecule has 3 aromatic rings. The van der Waals surface area contributed by atoms with Crippen LogP contribution in [0.4, 0.5) is 5.69 Å². The van der Waals surface area contributed by atoms with E-state index in [1.165, 1.54) is 11.3 Å². The molecule has 1 atom stereocenters. The van der Waals surface area contributed by atoms with Crippen molar-refractivity contribution in [3.05, 3.63) is 75.3 Å². The van der Waals surface area contributed by atoms with Gasteiger partial charge in [0, 0.05) is 27.5 Å². The normalized spacial score (nSPS) is 12.0. The molecule has 2 heterocycles. The molecular formula is C18H16N2O4S. The van der Waals surface area contributed by atoms with Crippen molar-refractivity contribution in [1.82, 2.24) is 0 Å². The number of benzene rings is 1. The lowest BCUT2D eigenvalue weighted by atomic mass is 9.96. The first kappa shape index (κ1) is 16.9. The van der Waals surface area contributed by atoms with Crippen LogP contribution >= 0.6 is 11.3 Å². The molecule has 3 rings (SSSR count). The molecule has 6 nitrogen and oxygen atoms in total. The van der Waals surface area contributed by atoms with Crippen LogP contribution in [0.25, 0.3) is 10.6 Å². The highest BCUT2D eigenvalue weighted by molar-refractivity contribution is 7.15. The minimum Gasteiger partial charge on any atom is -0.464 e. The zero-order chi connectivity index (χ0) is 17.8. The van der Waals surface area contributed by atoms with E-state index in [0.717, 1.165) is 9.75 Å². The molecule has 0 fully saturated rings. The standard InChI is InChI=1S/C18H16N2O4S/c19-14-5-2-1-4-13(14)15(21)10-12(11-20(22)23)17-7-8-18(25-17)16-6-3-9-24-16/h1-9,12H,10-11,19H2. The smallest absolute Gasteiger partial charge is 0.211 e. The van der Waals surface area contributed by atoms with Gasteiger partial charge in [-0.15, -0.1) is 11.3 Å². The van der Waals surface area contributed by atoms with E-state index >= 15 is 0 Å². The monoisotopic (exact) mass is 356 g/mol. The Bertz CT molecular complexity index is 886. The molecule has 25 heavy (non-hydrogen) atoms. The van der Waals surface area contributed by atoms with Gasteiger partial charge in [-0.2, -0.15) is 0 Å². The molecule has 0 aliphatic carbocycles. The van der Waals surface area contributed by atoms with Gasteiger partial charge in [0.25, 0.3) is 0 Å². The second kappa shape index (κ2) is 7.31. The number of Topliss-reactive ketones (excluding diaryl/α,β-unsaturated/α-hetero) is 1. The van der Waals surface area contributed by atoms with Crippen molar-refractivity contribution in [3.8, 4) is 10.6 Å². The number of nitrogens with two attached hydrogens (primary N) is 1. The molecule has 0 radical (unpaired) electrons. The first-order chi connectivity index (χ1) is 12.0. The summed E-state index contributed by atoms with van der Waals surface area (Å²) >= 11 is 1.40. The fourth-order valence-electron chi connectivity index (χ4n) is 2.64. The van der Waals surface area contributed by atoms with Crippen molar-refractivity contribution in [2.45, 2.75) is 12.3 Å². The topological polar surface area (TPSA) is 99.4 Å². The zero-order valence-corrected chi connectivity index (χ0v) is 14.1. The number of ketones is 1. The molecule has 0 aliphatic rings. The quantitative estimate of drug-likeness (QED) is 0.296. The number of nitrogen functional groups attached to an aromatic ring is 1. The van der Waals surface area contributed by atoms with Crippen LogP contribution in [0.1, 0.15) is 27.6 Å². The van der Waals surface area contributed by atoms with Crippen LogP contribution in [-0.2, 0) is 0 Å². The minimum absolute atomic E-state index is 0.0350. The first-order valence-corrected chi connectivity index (χ1v) is 8.49. The number of nitro groups is 1. The fraction of sp³-hybridized carbons (Fsp3) is 0.167. The van der Waals surface area contributed by atoms with Crippen LogP contribution < -0.4 is 5.73 Å². The first-order valence-electron chi connectivity index (χ1n) is 7.67. The third-order valence-electron chi connectivity index (χ3n) is 3.86. The molecule has 7 heteroatoms. The van der Waals surface area contributed by atoms with E-state index in [1.54, 1.807) is 36.6 Å². The third kappa shape index (κ3) is 3.95. The van der Waals surface area contributed by atoms with E-state index in [9.17, 15) is 14.9 Å². The van der Waals surface area contributed by atoms with Crippen LogP contribution in [-0.4, -0.2) is 17.3 Å². The van der Waals surface area contributed by atoms with E-state index in [0.29, 0.717) is 17.0 Å². The summed E-state index contributed by atoms with van der Waals surface area (Å²) in [5.41, 5.74) is 6.63. The maximum Gasteiger partial charge on any atom is 0.211 e. The van der Waals surface area contributed by atoms with Crippen molar-refractivity contribution in [3.63, 3.8) is 0 Å². The van der Waals surface area contributed by atoms with Gasteiger partial charge >= 0.3 is 0 Å². The Balaban J connectivity index is 1.84. The molecule has 0 bridgehead atoms. The van der Waals surface area contributed by atoms with E-state index in [1.807, 2.05) is 18.2 Å². The molecule has 0 aliphatic heterocycles. The summed E-state index contributed by atoms with van der Waals surface area (Å²) in [7, 11) is 0. The molecule has 2 aromatic heterocycles. The lowest BCUT2D eigenvalue weighted by Gasteiger charge is -2.11. The number of nitrogens with zero attached hydrogens (tertiary/aromatic N) is 1. The largest absolute Gasteiger partial charge is 0.464 e. The number of carbonyl (C=O) groups is 1. The summed E-state index contributed by atoms with van der Waals surface area (Å²) in [6.45, 7) is -0.309. The Morgan fingerprint density at radius 1 is 1.20 bits per heavy atom. The number of para-hydroxylation sites is 1. The van der Waals surface area contributed by atoms with Crippen molar-refractivity contribution >= 4 is 22.8 Å². The number of anilines is 1. The maximum atomic E-state index is 12.5. The number of hydrogen-bond donors (Lipinski definition) is 1. The molecule has 128 valence electrons. The predicted molar refractivity (Wildman–Crippen MR) is 96.4 cm³/mol. The summed E-state index contributed by atoms with van der Waals surface area (Å²) in [6, 6.07) is 14.0. The van der Waals surface area contributed by atoms with Crippen molar-refractivity contribution in [2.75, 3.05) is 12.3 Å². The van der Waals surface area contributed by atoms with Crippen LogP contribution in [0.3, 0.4) is 0 Å². The highest BCUT2D eigenvalue weighted by Gasteiger charge is 2.25. The minimum atomic E-state index is -0.504. The highest BCUT2D eigenvalue weighted by Crippen LogP contribution is 2.34. The zero-order valence-electron chi connectivity index (χ0n) is 13.3. The van der Waals surface area contributed by atoms with Crippen LogP contribution in [0.15, 0.2) is 59.2 Å². The molecule has 0 spiro atoms. The average molecular weight is 356 g/mol. The van der Waals surface area contributed by atoms with Gasteiger partial charge in [-0.1, -0.05) is 12.1 Å². The lowest BCUT2D eigenvalue weighted by Crippen LogP contribution is -2.16. The van der Waals surface area contributed by atoms with Gasteiger partial charge < -0.3 is 10.2 Å². The number of carbonyl (C=O) groups excluding carboxylic acids is 1. The summed E-state index contributed by atoms with van der Waals surface area (Å²) in [4.78, 5) is 24.9. The number of furan rings is 1. The van der Waals surface area contributed by atoms with Crippen LogP contribution in [0, 0.1) is 10.1 Å². The van der Waals surface area contributed by atoms with E-state index in [-0.39, 0.29) is 18.7 Å². The maximum absolute atomic E-state index is 12.5. The highest BCUT2D eigenvalue weighted by atomic mass is 32.1. The SMILES string of the molecule is Nc1ccccc1C(=O)CC(C[N+](=O)[O-])c1ccc(-c2ccco2)s1. The van der Waals surface area contributed by atoms with Crippen molar-refractivity contribution < 1.29 is 14.1 Å². The van der Waals surface area contributed by atoms with Gasteiger partial charge in [-0.25, -0.2) is 0 Å². The molecular weight excluding hydrogens is 340 g/mol. The van der Waals surface area contributed by atoms with Crippen LogP contribution in [0.5, 0.6) is 0 Å². The average Bonchev–Trinajstić information content (AvgIpc) is 3.25. The van der Waals surface area contributed by atoms with Gasteiger partial charge in [-0.3, -0.25) is 14.9 Å². The van der Waals surface area contributed by atoms with Gasteiger partial charge in [0.15, 0.2) is 5.78 Å². The van der Waals surface area contributed by atoms with E-state index < -0.39 is 10.8 Å². The summed E-state index contributed by atoms with van der Waals surface area (Å²) in [5.74, 6) is 0.00319. The summed E-state index contributed by atoms with van der Waals surface area (Å²) in [5, 5.41) is 11.1. The molecule has 0 saturated carbocycles. The van der Waals surface area contributed by atoms with Crippen molar-refractivity contribution in [1.29, 1.82) is 0 Å². The van der Waals surface area contributed by atoms with Crippen molar-refractivity contribution in [2.24, 2.45) is 0 Å². The molecule has 0 saturated heterocycles. The van der Waals surface area contributed by atoms with Gasteiger partial charge in [0.2, 0.25) is 6.54 Å². The van der Waals surface area contributed by atoms with E-state index in [2.05, 4.69) is 0 Å². The number of rotatable bonds is 7.